The molecule has 3 aliphatic rings. The number of nitrogens with zero attached hydrogens (tertiary/aromatic N) is 1. The van der Waals surface area contributed by atoms with Crippen LogP contribution in [-0.4, -0.2) is 54.9 Å². The smallest absolute Gasteiger partial charge is 0.238 e. The molecule has 2 aromatic rings. The van der Waals surface area contributed by atoms with Crippen LogP contribution >= 0.6 is 0 Å². The van der Waals surface area contributed by atoms with Gasteiger partial charge in [-0.15, -0.1) is 0 Å². The van der Waals surface area contributed by atoms with Crippen LogP contribution in [0.2, 0.25) is 0 Å². The first-order valence-electron chi connectivity index (χ1n) is 12.5. The number of ether oxygens (including phenoxy) is 2. The van der Waals surface area contributed by atoms with Gasteiger partial charge in [0.2, 0.25) is 11.8 Å². The molecule has 3 heterocycles. The molecule has 1 fully saturated rings. The molecule has 8 heteroatoms. The summed E-state index contributed by atoms with van der Waals surface area (Å²) in [6.45, 7) is 9.14. The van der Waals surface area contributed by atoms with Crippen LogP contribution in [0.5, 0.6) is 11.5 Å². The Balaban J connectivity index is 1.46. The number of carbonyl (C=O) groups is 2. The Bertz CT molecular complexity index is 1260. The van der Waals surface area contributed by atoms with E-state index in [4.69, 9.17) is 14.5 Å². The lowest BCUT2D eigenvalue weighted by Crippen LogP contribution is -2.40. The first-order chi connectivity index (χ1) is 17.0. The van der Waals surface area contributed by atoms with Gasteiger partial charge >= 0.3 is 0 Å². The summed E-state index contributed by atoms with van der Waals surface area (Å²) in [7, 11) is 1.68. The molecule has 5 rings (SSSR count). The maximum Gasteiger partial charge on any atom is 0.238 e. The summed E-state index contributed by atoms with van der Waals surface area (Å²) in [5.41, 5.74) is 5.31. The second-order valence-corrected chi connectivity index (χ2v) is 11.1. The molecule has 0 spiro atoms. The molecule has 2 amide bonds. The van der Waals surface area contributed by atoms with Gasteiger partial charge in [0.15, 0.2) is 11.5 Å². The lowest BCUT2D eigenvalue weighted by atomic mass is 9.81. The van der Waals surface area contributed by atoms with E-state index in [1.165, 1.54) is 5.56 Å². The highest BCUT2D eigenvalue weighted by atomic mass is 16.5. The summed E-state index contributed by atoms with van der Waals surface area (Å²) in [5, 5.41) is 8.75. The molecule has 8 nitrogen and oxygen atoms in total. The quantitative estimate of drug-likeness (QED) is 0.578. The van der Waals surface area contributed by atoms with Gasteiger partial charge in [0, 0.05) is 35.3 Å². The minimum Gasteiger partial charge on any atom is -0.493 e. The number of hydrogen-bond acceptors (Lipinski definition) is 6. The van der Waals surface area contributed by atoms with Crippen molar-refractivity contribution >= 4 is 23.2 Å². The average Bonchev–Trinajstić information content (AvgIpc) is 3.37. The van der Waals surface area contributed by atoms with Crippen molar-refractivity contribution in [1.29, 1.82) is 0 Å². The van der Waals surface area contributed by atoms with Crippen molar-refractivity contribution in [3.8, 4) is 11.5 Å². The van der Waals surface area contributed by atoms with Gasteiger partial charge < -0.3 is 20.1 Å². The van der Waals surface area contributed by atoms with E-state index in [1.807, 2.05) is 24.3 Å². The monoisotopic (exact) mass is 490 g/mol. The van der Waals surface area contributed by atoms with Gasteiger partial charge in [-0.2, -0.15) is 0 Å². The molecule has 1 atom stereocenters. The molecule has 3 N–H and O–H groups in total. The predicted octanol–water partition coefficient (Wildman–Crippen LogP) is 3.00. The van der Waals surface area contributed by atoms with Gasteiger partial charge in [0.1, 0.15) is 5.60 Å². The van der Waals surface area contributed by atoms with Gasteiger partial charge in [-0.3, -0.25) is 19.9 Å². The second-order valence-electron chi connectivity index (χ2n) is 11.1. The summed E-state index contributed by atoms with van der Waals surface area (Å²) in [6, 6.07) is 9.55. The zero-order valence-corrected chi connectivity index (χ0v) is 21.6. The van der Waals surface area contributed by atoms with E-state index in [9.17, 15) is 9.59 Å². The van der Waals surface area contributed by atoms with Crippen molar-refractivity contribution in [2.75, 3.05) is 25.5 Å². The highest BCUT2D eigenvalue weighted by Crippen LogP contribution is 2.47. The van der Waals surface area contributed by atoms with Crippen molar-refractivity contribution in [1.82, 2.24) is 10.6 Å². The maximum absolute atomic E-state index is 12.6. The molecule has 36 heavy (non-hydrogen) atoms. The van der Waals surface area contributed by atoms with Crippen molar-refractivity contribution in [2.24, 2.45) is 4.99 Å². The lowest BCUT2D eigenvalue weighted by Gasteiger charge is -2.31. The Labute approximate surface area is 211 Å². The van der Waals surface area contributed by atoms with Crippen LogP contribution in [-0.2, 0) is 22.4 Å². The minimum atomic E-state index is -0.331. The Morgan fingerprint density at radius 2 is 2.03 bits per heavy atom. The molecule has 0 radical (unpaired) electrons. The van der Waals surface area contributed by atoms with Crippen LogP contribution < -0.4 is 25.4 Å². The number of methoxy groups -OCH3 is 1. The summed E-state index contributed by atoms with van der Waals surface area (Å²) in [4.78, 5) is 29.5. The number of amides is 2. The van der Waals surface area contributed by atoms with Crippen molar-refractivity contribution in [3.63, 3.8) is 0 Å². The van der Waals surface area contributed by atoms with Crippen LogP contribution in [0.15, 0.2) is 35.3 Å². The summed E-state index contributed by atoms with van der Waals surface area (Å²) >= 11 is 0. The largest absolute Gasteiger partial charge is 0.493 e. The average molecular weight is 491 g/mol. The van der Waals surface area contributed by atoms with Crippen LogP contribution in [0.1, 0.15) is 56.4 Å². The zero-order valence-electron chi connectivity index (χ0n) is 21.6. The third-order valence-electron chi connectivity index (χ3n) is 6.88. The predicted molar refractivity (Wildman–Crippen MR) is 139 cm³/mol. The van der Waals surface area contributed by atoms with Gasteiger partial charge in [-0.1, -0.05) is 12.1 Å². The molecular formula is C28H34N4O4. The number of anilines is 1. The van der Waals surface area contributed by atoms with Crippen LogP contribution in [0.3, 0.4) is 0 Å². The molecular weight excluding hydrogens is 456 g/mol. The molecule has 0 bridgehead atoms. The highest BCUT2D eigenvalue weighted by Gasteiger charge is 2.39. The third kappa shape index (κ3) is 4.69. The number of fused-ring (bicyclic) bond motifs is 3. The van der Waals surface area contributed by atoms with Gasteiger partial charge in [-0.05, 0) is 64.3 Å². The maximum atomic E-state index is 12.6. The van der Waals surface area contributed by atoms with Crippen molar-refractivity contribution in [2.45, 2.75) is 64.1 Å². The Morgan fingerprint density at radius 1 is 1.22 bits per heavy atom. The van der Waals surface area contributed by atoms with E-state index in [1.54, 1.807) is 7.11 Å². The van der Waals surface area contributed by atoms with Crippen LogP contribution in [0.4, 0.5) is 5.69 Å². The number of hydrogen-bond donors (Lipinski definition) is 3. The van der Waals surface area contributed by atoms with Gasteiger partial charge in [-0.25, -0.2) is 0 Å². The molecule has 1 saturated heterocycles. The van der Waals surface area contributed by atoms with Crippen LogP contribution in [0, 0.1) is 0 Å². The molecule has 3 aliphatic heterocycles. The fraction of sp³-hybridized carbons (Fsp3) is 0.464. The summed E-state index contributed by atoms with van der Waals surface area (Å²) in [6.07, 6.45) is 2.25. The molecule has 190 valence electrons. The van der Waals surface area contributed by atoms with Crippen molar-refractivity contribution < 1.29 is 19.1 Å². The zero-order chi connectivity index (χ0) is 25.7. The lowest BCUT2D eigenvalue weighted by molar-refractivity contribution is -0.121. The number of carbonyl (C=O) groups excluding carboxylic acids is 2. The normalized spacial score (nSPS) is 21.1. The number of rotatable bonds is 6. The topological polar surface area (TPSA) is 101 Å². The fourth-order valence-electron chi connectivity index (χ4n) is 5.38. The number of benzene rings is 2. The molecule has 2 aromatic carbocycles. The SMILES string of the molecule is COc1cc2c(c3c1OC(C)(C)C3)C(c1cccc(NC(=O)CNC3CCNC3=O)c1)=NC(C)(C)C2. The summed E-state index contributed by atoms with van der Waals surface area (Å²) in [5.74, 6) is 1.30. The third-order valence-corrected chi connectivity index (χ3v) is 6.88. The van der Waals surface area contributed by atoms with E-state index in [2.05, 4.69) is 49.7 Å². The Hall–Kier alpha value is -3.39. The highest BCUT2D eigenvalue weighted by molar-refractivity contribution is 6.16. The van der Waals surface area contributed by atoms with E-state index < -0.39 is 0 Å². The summed E-state index contributed by atoms with van der Waals surface area (Å²) < 4.78 is 12.0. The molecule has 1 unspecified atom stereocenters. The molecule has 0 aromatic heterocycles. The first-order valence-corrected chi connectivity index (χ1v) is 12.5. The number of aliphatic imine (C=N–C) groups is 1. The van der Waals surface area contributed by atoms with E-state index in [0.717, 1.165) is 46.7 Å². The van der Waals surface area contributed by atoms with E-state index in [-0.39, 0.29) is 35.5 Å². The van der Waals surface area contributed by atoms with E-state index >= 15 is 0 Å². The van der Waals surface area contributed by atoms with E-state index in [0.29, 0.717) is 18.7 Å². The van der Waals surface area contributed by atoms with Crippen molar-refractivity contribution in [3.05, 3.63) is 52.6 Å². The first kappa shape index (κ1) is 24.3. The molecule has 0 saturated carbocycles. The van der Waals surface area contributed by atoms with Gasteiger partial charge in [0.25, 0.3) is 0 Å². The standard InChI is InChI=1S/C28H34N4O4/c1-27(2)13-17-12-21(35-5)25-19(14-28(3,4)36-25)23(17)24(32-27)16-7-6-8-18(11-16)31-22(33)15-30-20-9-10-29-26(20)34/h6-8,11-12,20,30H,9-10,13-15H2,1-5H3,(H,29,34)(H,31,33). The Kier molecular flexibility index (Phi) is 6.03. The Morgan fingerprint density at radius 3 is 2.75 bits per heavy atom. The molecule has 0 aliphatic carbocycles. The second kappa shape index (κ2) is 8.92. The van der Waals surface area contributed by atoms with Gasteiger partial charge in [0.05, 0.1) is 30.9 Å². The fourth-order valence-corrected chi connectivity index (χ4v) is 5.38. The number of nitrogens with one attached hydrogen (secondary N) is 3. The van der Waals surface area contributed by atoms with Crippen LogP contribution in [0.25, 0.3) is 0 Å². The minimum absolute atomic E-state index is 0.0577.